The van der Waals surface area contributed by atoms with Crippen LogP contribution in [0.3, 0.4) is 0 Å². The van der Waals surface area contributed by atoms with Gasteiger partial charge in [-0.15, -0.1) is 0 Å². The molecule has 0 radical (unpaired) electrons. The van der Waals surface area contributed by atoms with E-state index >= 15 is 0 Å². The van der Waals surface area contributed by atoms with Crippen molar-refractivity contribution >= 4 is 0 Å². The SMILES string of the molecule is CCCC1CCC(CN)C(Oc2cccc(CC)c2)C1. The van der Waals surface area contributed by atoms with Gasteiger partial charge in [-0.25, -0.2) is 0 Å². The van der Waals surface area contributed by atoms with E-state index in [1.165, 1.54) is 37.7 Å². The minimum Gasteiger partial charge on any atom is -0.490 e. The van der Waals surface area contributed by atoms with Crippen LogP contribution in [0.15, 0.2) is 24.3 Å². The average Bonchev–Trinajstić information content (AvgIpc) is 2.48. The molecule has 0 amide bonds. The lowest BCUT2D eigenvalue weighted by atomic mass is 9.78. The summed E-state index contributed by atoms with van der Waals surface area (Å²) in [6.45, 7) is 5.20. The predicted octanol–water partition coefficient (Wildman–Crippen LogP) is 4.17. The van der Waals surface area contributed by atoms with Crippen molar-refractivity contribution < 1.29 is 4.74 Å². The summed E-state index contributed by atoms with van der Waals surface area (Å²) >= 11 is 0. The molecular weight excluding hydrogens is 246 g/mol. The van der Waals surface area contributed by atoms with E-state index in [-0.39, 0.29) is 0 Å². The number of aryl methyl sites for hydroxylation is 1. The lowest BCUT2D eigenvalue weighted by molar-refractivity contribution is 0.0668. The van der Waals surface area contributed by atoms with Gasteiger partial charge in [0.15, 0.2) is 0 Å². The van der Waals surface area contributed by atoms with Gasteiger partial charge in [0.1, 0.15) is 11.9 Å². The van der Waals surface area contributed by atoms with Gasteiger partial charge in [-0.3, -0.25) is 0 Å². The van der Waals surface area contributed by atoms with Crippen molar-refractivity contribution in [3.63, 3.8) is 0 Å². The average molecular weight is 275 g/mol. The van der Waals surface area contributed by atoms with Crippen molar-refractivity contribution in [3.8, 4) is 5.75 Å². The quantitative estimate of drug-likeness (QED) is 0.845. The van der Waals surface area contributed by atoms with Crippen LogP contribution in [-0.2, 0) is 6.42 Å². The first-order valence-corrected chi connectivity index (χ1v) is 8.22. The van der Waals surface area contributed by atoms with Crippen molar-refractivity contribution in [2.24, 2.45) is 17.6 Å². The van der Waals surface area contributed by atoms with E-state index in [9.17, 15) is 0 Å². The second-order valence-electron chi connectivity index (χ2n) is 6.12. The Kier molecular flexibility index (Phi) is 5.90. The van der Waals surface area contributed by atoms with Gasteiger partial charge in [0.25, 0.3) is 0 Å². The third kappa shape index (κ3) is 3.99. The maximum absolute atomic E-state index is 6.30. The Morgan fingerprint density at radius 2 is 2.10 bits per heavy atom. The second-order valence-corrected chi connectivity index (χ2v) is 6.12. The maximum atomic E-state index is 6.30. The third-order valence-electron chi connectivity index (χ3n) is 4.63. The van der Waals surface area contributed by atoms with Gasteiger partial charge in [0, 0.05) is 5.92 Å². The molecule has 2 heteroatoms. The van der Waals surface area contributed by atoms with Crippen LogP contribution in [0.25, 0.3) is 0 Å². The standard InChI is InChI=1S/C18H29NO/c1-3-6-15-9-10-16(13-19)18(12-15)20-17-8-5-7-14(4-2)11-17/h5,7-8,11,15-16,18H,3-4,6,9-10,12-13,19H2,1-2H3. The number of ether oxygens (including phenoxy) is 1. The normalized spacial score (nSPS) is 26.4. The summed E-state index contributed by atoms with van der Waals surface area (Å²) < 4.78 is 6.30. The summed E-state index contributed by atoms with van der Waals surface area (Å²) in [6, 6.07) is 8.51. The number of nitrogens with two attached hydrogens (primary N) is 1. The zero-order valence-electron chi connectivity index (χ0n) is 13.0. The fraction of sp³-hybridized carbons (Fsp3) is 0.667. The summed E-state index contributed by atoms with van der Waals surface area (Å²) in [5.41, 5.74) is 7.28. The molecular formula is C18H29NO. The highest BCUT2D eigenvalue weighted by atomic mass is 16.5. The molecule has 2 N–H and O–H groups in total. The molecule has 0 saturated heterocycles. The Morgan fingerprint density at radius 3 is 2.80 bits per heavy atom. The smallest absolute Gasteiger partial charge is 0.120 e. The first kappa shape index (κ1) is 15.4. The molecule has 3 atom stereocenters. The topological polar surface area (TPSA) is 35.2 Å². The number of rotatable bonds is 6. The molecule has 0 spiro atoms. The Bertz CT molecular complexity index is 404. The molecule has 1 saturated carbocycles. The Labute approximate surface area is 123 Å². The van der Waals surface area contributed by atoms with E-state index in [1.807, 2.05) is 0 Å². The summed E-state index contributed by atoms with van der Waals surface area (Å²) in [7, 11) is 0. The molecule has 1 aromatic rings. The number of hydrogen-bond acceptors (Lipinski definition) is 2. The minimum absolute atomic E-state index is 0.303. The van der Waals surface area contributed by atoms with Crippen LogP contribution in [0, 0.1) is 11.8 Å². The van der Waals surface area contributed by atoms with Crippen molar-refractivity contribution in [1.82, 2.24) is 0 Å². The van der Waals surface area contributed by atoms with E-state index < -0.39 is 0 Å². The molecule has 1 fully saturated rings. The summed E-state index contributed by atoms with van der Waals surface area (Å²) in [4.78, 5) is 0. The fourth-order valence-corrected chi connectivity index (χ4v) is 3.37. The fourth-order valence-electron chi connectivity index (χ4n) is 3.37. The number of hydrogen-bond donors (Lipinski definition) is 1. The molecule has 2 nitrogen and oxygen atoms in total. The molecule has 1 aliphatic rings. The van der Waals surface area contributed by atoms with E-state index in [4.69, 9.17) is 10.5 Å². The van der Waals surface area contributed by atoms with Crippen LogP contribution in [0.5, 0.6) is 5.75 Å². The van der Waals surface area contributed by atoms with Gasteiger partial charge in [-0.2, -0.15) is 0 Å². The molecule has 3 unspecified atom stereocenters. The molecule has 0 heterocycles. The molecule has 0 bridgehead atoms. The monoisotopic (exact) mass is 275 g/mol. The maximum Gasteiger partial charge on any atom is 0.120 e. The molecule has 1 aromatic carbocycles. The molecule has 0 aliphatic heterocycles. The Hall–Kier alpha value is -1.02. The van der Waals surface area contributed by atoms with Gasteiger partial charge >= 0.3 is 0 Å². The van der Waals surface area contributed by atoms with E-state index in [2.05, 4.69) is 38.1 Å². The van der Waals surface area contributed by atoms with E-state index in [0.29, 0.717) is 12.0 Å². The first-order chi connectivity index (χ1) is 9.76. The highest BCUT2D eigenvalue weighted by Crippen LogP contribution is 2.34. The van der Waals surface area contributed by atoms with Gasteiger partial charge in [-0.05, 0) is 55.8 Å². The summed E-state index contributed by atoms with van der Waals surface area (Å²) in [5.74, 6) is 2.36. The molecule has 0 aromatic heterocycles. The van der Waals surface area contributed by atoms with E-state index in [1.54, 1.807) is 0 Å². The molecule has 112 valence electrons. The first-order valence-electron chi connectivity index (χ1n) is 8.22. The van der Waals surface area contributed by atoms with Crippen molar-refractivity contribution in [1.29, 1.82) is 0 Å². The molecule has 2 rings (SSSR count). The van der Waals surface area contributed by atoms with Crippen LogP contribution in [0.2, 0.25) is 0 Å². The Balaban J connectivity index is 2.02. The second kappa shape index (κ2) is 7.68. The zero-order chi connectivity index (χ0) is 14.4. The summed E-state index contributed by atoms with van der Waals surface area (Å²) in [5, 5.41) is 0. The summed E-state index contributed by atoms with van der Waals surface area (Å²) in [6.07, 6.45) is 7.68. The van der Waals surface area contributed by atoms with Gasteiger partial charge in [0.05, 0.1) is 0 Å². The third-order valence-corrected chi connectivity index (χ3v) is 4.63. The van der Waals surface area contributed by atoms with Gasteiger partial charge in [0.2, 0.25) is 0 Å². The van der Waals surface area contributed by atoms with Gasteiger partial charge in [-0.1, -0.05) is 38.8 Å². The molecule has 1 aliphatic carbocycles. The predicted molar refractivity (Wildman–Crippen MR) is 85.0 cm³/mol. The van der Waals surface area contributed by atoms with Crippen molar-refractivity contribution in [2.75, 3.05) is 6.54 Å². The highest BCUT2D eigenvalue weighted by Gasteiger charge is 2.30. The van der Waals surface area contributed by atoms with Crippen LogP contribution in [-0.4, -0.2) is 12.6 Å². The lowest BCUT2D eigenvalue weighted by Gasteiger charge is -2.35. The Morgan fingerprint density at radius 1 is 1.25 bits per heavy atom. The van der Waals surface area contributed by atoms with Crippen LogP contribution in [0.4, 0.5) is 0 Å². The van der Waals surface area contributed by atoms with E-state index in [0.717, 1.165) is 24.6 Å². The van der Waals surface area contributed by atoms with Crippen molar-refractivity contribution in [3.05, 3.63) is 29.8 Å². The zero-order valence-corrected chi connectivity index (χ0v) is 13.0. The van der Waals surface area contributed by atoms with Gasteiger partial charge < -0.3 is 10.5 Å². The van der Waals surface area contributed by atoms with Crippen molar-refractivity contribution in [2.45, 2.75) is 58.5 Å². The van der Waals surface area contributed by atoms with Crippen LogP contribution in [0.1, 0.15) is 51.5 Å². The largest absolute Gasteiger partial charge is 0.490 e. The van der Waals surface area contributed by atoms with Crippen LogP contribution >= 0.6 is 0 Å². The van der Waals surface area contributed by atoms with Crippen LogP contribution < -0.4 is 10.5 Å². The molecule has 20 heavy (non-hydrogen) atoms. The highest BCUT2D eigenvalue weighted by molar-refractivity contribution is 5.28. The lowest BCUT2D eigenvalue weighted by Crippen LogP contribution is -2.38. The number of benzene rings is 1. The minimum atomic E-state index is 0.303.